The lowest BCUT2D eigenvalue weighted by atomic mass is 10.2. The summed E-state index contributed by atoms with van der Waals surface area (Å²) in [6.07, 6.45) is 1.74. The first-order chi connectivity index (χ1) is 11.1. The van der Waals surface area contributed by atoms with Crippen LogP contribution in [-0.2, 0) is 4.79 Å². The van der Waals surface area contributed by atoms with Crippen LogP contribution in [0.5, 0.6) is 0 Å². The molecule has 0 unspecified atom stereocenters. The second-order valence-electron chi connectivity index (χ2n) is 5.20. The van der Waals surface area contributed by atoms with E-state index in [1.54, 1.807) is 36.5 Å². The summed E-state index contributed by atoms with van der Waals surface area (Å²) in [4.78, 5) is 29.4. The van der Waals surface area contributed by atoms with E-state index in [0.717, 1.165) is 0 Å². The molecule has 2 heterocycles. The topological polar surface area (TPSA) is 74.3 Å². The molecule has 3 rings (SSSR count). The Bertz CT molecular complexity index is 723. The molecule has 23 heavy (non-hydrogen) atoms. The molecule has 0 bridgehead atoms. The molecule has 1 aliphatic heterocycles. The molecule has 118 valence electrons. The molecule has 3 amide bonds. The number of hydrogen-bond donors (Lipinski definition) is 2. The van der Waals surface area contributed by atoms with Gasteiger partial charge in [0, 0.05) is 24.8 Å². The van der Waals surface area contributed by atoms with E-state index >= 15 is 0 Å². The Labute approximate surface area is 132 Å². The van der Waals surface area contributed by atoms with Gasteiger partial charge in [0.05, 0.1) is 6.04 Å². The Morgan fingerprint density at radius 2 is 2.13 bits per heavy atom. The number of carbonyl (C=O) groups is 2. The van der Waals surface area contributed by atoms with E-state index < -0.39 is 11.8 Å². The molecule has 6 nitrogen and oxygen atoms in total. The van der Waals surface area contributed by atoms with Crippen molar-refractivity contribution < 1.29 is 14.0 Å². The molecule has 0 aliphatic carbocycles. The van der Waals surface area contributed by atoms with E-state index in [2.05, 4.69) is 15.6 Å². The number of halogens is 1. The predicted octanol–water partition coefficient (Wildman–Crippen LogP) is 2.15. The summed E-state index contributed by atoms with van der Waals surface area (Å²) in [6.45, 7) is 0.303. The van der Waals surface area contributed by atoms with Crippen LogP contribution in [0.4, 0.5) is 20.7 Å². The molecule has 2 N–H and O–H groups in total. The van der Waals surface area contributed by atoms with Gasteiger partial charge in [-0.1, -0.05) is 12.1 Å². The van der Waals surface area contributed by atoms with Gasteiger partial charge in [0.15, 0.2) is 0 Å². The van der Waals surface area contributed by atoms with Crippen molar-refractivity contribution in [3.05, 3.63) is 54.5 Å². The summed E-state index contributed by atoms with van der Waals surface area (Å²) in [7, 11) is 0. The van der Waals surface area contributed by atoms with Gasteiger partial charge in [-0.05, 0) is 30.3 Å². The SMILES string of the molecule is O=C(Nc1ccccn1)N[C@H]1CC(=O)N(c2cccc(F)c2)C1. The van der Waals surface area contributed by atoms with Crippen molar-refractivity contribution in [2.24, 2.45) is 0 Å². The second-order valence-corrected chi connectivity index (χ2v) is 5.20. The van der Waals surface area contributed by atoms with Crippen LogP contribution >= 0.6 is 0 Å². The van der Waals surface area contributed by atoms with Crippen molar-refractivity contribution in [1.82, 2.24) is 10.3 Å². The van der Waals surface area contributed by atoms with Gasteiger partial charge in [-0.2, -0.15) is 0 Å². The van der Waals surface area contributed by atoms with Crippen LogP contribution in [0.3, 0.4) is 0 Å². The highest BCUT2D eigenvalue weighted by atomic mass is 19.1. The Balaban J connectivity index is 1.60. The molecule has 1 fully saturated rings. The standard InChI is InChI=1S/C16H15FN4O2/c17-11-4-3-5-13(8-11)21-10-12(9-15(21)22)19-16(23)20-14-6-1-2-7-18-14/h1-8,12H,9-10H2,(H2,18,19,20,23)/t12-/m0/s1. The highest BCUT2D eigenvalue weighted by molar-refractivity contribution is 5.97. The fourth-order valence-corrected chi connectivity index (χ4v) is 2.47. The Kier molecular flexibility index (Phi) is 4.18. The lowest BCUT2D eigenvalue weighted by Crippen LogP contribution is -2.39. The average Bonchev–Trinajstić information content (AvgIpc) is 2.88. The summed E-state index contributed by atoms with van der Waals surface area (Å²) < 4.78 is 13.3. The highest BCUT2D eigenvalue weighted by Gasteiger charge is 2.31. The van der Waals surface area contributed by atoms with Gasteiger partial charge in [0.2, 0.25) is 5.91 Å². The van der Waals surface area contributed by atoms with Crippen molar-refractivity contribution in [2.45, 2.75) is 12.5 Å². The maximum Gasteiger partial charge on any atom is 0.320 e. The fraction of sp³-hybridized carbons (Fsp3) is 0.188. The number of nitrogens with one attached hydrogen (secondary N) is 2. The first-order valence-corrected chi connectivity index (χ1v) is 7.16. The number of carbonyl (C=O) groups excluding carboxylic acids is 2. The summed E-state index contributed by atoms with van der Waals surface area (Å²) in [6, 6.07) is 10.2. The summed E-state index contributed by atoms with van der Waals surface area (Å²) in [5.41, 5.74) is 0.490. The Morgan fingerprint density at radius 3 is 2.87 bits per heavy atom. The maximum absolute atomic E-state index is 13.3. The number of nitrogens with zero attached hydrogens (tertiary/aromatic N) is 2. The zero-order chi connectivity index (χ0) is 16.2. The zero-order valence-electron chi connectivity index (χ0n) is 12.2. The van der Waals surface area contributed by atoms with Gasteiger partial charge >= 0.3 is 6.03 Å². The van der Waals surface area contributed by atoms with E-state index in [0.29, 0.717) is 18.1 Å². The van der Waals surface area contributed by atoms with Gasteiger partial charge in [-0.25, -0.2) is 14.2 Å². The minimum Gasteiger partial charge on any atom is -0.333 e. The average molecular weight is 314 g/mol. The van der Waals surface area contributed by atoms with Crippen molar-refractivity contribution in [1.29, 1.82) is 0 Å². The highest BCUT2D eigenvalue weighted by Crippen LogP contribution is 2.22. The smallest absolute Gasteiger partial charge is 0.320 e. The minimum absolute atomic E-state index is 0.154. The molecular weight excluding hydrogens is 299 g/mol. The third kappa shape index (κ3) is 3.63. The third-order valence-corrected chi connectivity index (χ3v) is 3.49. The summed E-state index contributed by atoms with van der Waals surface area (Å²) in [5, 5.41) is 5.32. The first kappa shape index (κ1) is 15.0. The fourth-order valence-electron chi connectivity index (χ4n) is 2.47. The molecule has 0 spiro atoms. The van der Waals surface area contributed by atoms with E-state index in [1.807, 2.05) is 0 Å². The number of pyridine rings is 1. The predicted molar refractivity (Wildman–Crippen MR) is 83.5 cm³/mol. The van der Waals surface area contributed by atoms with E-state index in [9.17, 15) is 14.0 Å². The van der Waals surface area contributed by atoms with Crippen LogP contribution in [0.1, 0.15) is 6.42 Å². The zero-order valence-corrected chi connectivity index (χ0v) is 12.2. The van der Waals surface area contributed by atoms with E-state index in [-0.39, 0.29) is 18.4 Å². The van der Waals surface area contributed by atoms with Crippen LogP contribution in [0, 0.1) is 5.82 Å². The number of urea groups is 1. The monoisotopic (exact) mass is 314 g/mol. The first-order valence-electron chi connectivity index (χ1n) is 7.16. The second kappa shape index (κ2) is 6.43. The molecule has 7 heteroatoms. The quantitative estimate of drug-likeness (QED) is 0.911. The van der Waals surface area contributed by atoms with Gasteiger partial charge in [0.25, 0.3) is 0 Å². The largest absolute Gasteiger partial charge is 0.333 e. The van der Waals surface area contributed by atoms with Crippen LogP contribution in [0.15, 0.2) is 48.7 Å². The molecule has 1 saturated heterocycles. The van der Waals surface area contributed by atoms with Gasteiger partial charge < -0.3 is 10.2 Å². The molecule has 1 aromatic heterocycles. The van der Waals surface area contributed by atoms with Crippen molar-refractivity contribution >= 4 is 23.4 Å². The minimum atomic E-state index is -0.428. The van der Waals surface area contributed by atoms with Crippen LogP contribution < -0.4 is 15.5 Å². The normalized spacial score (nSPS) is 17.2. The lowest BCUT2D eigenvalue weighted by Gasteiger charge is -2.17. The summed E-state index contributed by atoms with van der Waals surface area (Å²) in [5.74, 6) is -0.130. The lowest BCUT2D eigenvalue weighted by molar-refractivity contribution is -0.117. The van der Waals surface area contributed by atoms with Crippen molar-refractivity contribution in [2.75, 3.05) is 16.8 Å². The Morgan fingerprint density at radius 1 is 1.26 bits per heavy atom. The number of benzene rings is 1. The molecule has 0 saturated carbocycles. The summed E-state index contributed by atoms with van der Waals surface area (Å²) >= 11 is 0. The number of hydrogen-bond acceptors (Lipinski definition) is 3. The van der Waals surface area contributed by atoms with Crippen molar-refractivity contribution in [3.8, 4) is 0 Å². The molecule has 1 atom stereocenters. The third-order valence-electron chi connectivity index (χ3n) is 3.49. The maximum atomic E-state index is 13.3. The number of rotatable bonds is 3. The number of amides is 3. The van der Waals surface area contributed by atoms with Gasteiger partial charge in [0.1, 0.15) is 11.6 Å². The molecular formula is C16H15FN4O2. The van der Waals surface area contributed by atoms with Crippen molar-refractivity contribution in [3.63, 3.8) is 0 Å². The van der Waals surface area contributed by atoms with Crippen LogP contribution in [0.2, 0.25) is 0 Å². The number of anilines is 2. The van der Waals surface area contributed by atoms with E-state index in [1.165, 1.54) is 17.0 Å². The van der Waals surface area contributed by atoms with Crippen LogP contribution in [-0.4, -0.2) is 29.5 Å². The molecule has 1 aliphatic rings. The molecule has 2 aromatic rings. The van der Waals surface area contributed by atoms with Gasteiger partial charge in [-0.3, -0.25) is 10.1 Å². The van der Waals surface area contributed by atoms with Crippen LogP contribution in [0.25, 0.3) is 0 Å². The molecule has 0 radical (unpaired) electrons. The Hall–Kier alpha value is -2.96. The van der Waals surface area contributed by atoms with Gasteiger partial charge in [-0.15, -0.1) is 0 Å². The molecule has 1 aromatic carbocycles. The van der Waals surface area contributed by atoms with E-state index in [4.69, 9.17) is 0 Å². The number of aromatic nitrogens is 1.